The van der Waals surface area contributed by atoms with E-state index in [4.69, 9.17) is 0 Å². The van der Waals surface area contributed by atoms with E-state index in [0.717, 1.165) is 12.1 Å². The van der Waals surface area contributed by atoms with E-state index in [0.29, 0.717) is 13.1 Å². The predicted molar refractivity (Wildman–Crippen MR) is 65.0 cm³/mol. The Bertz CT molecular complexity index is 461. The highest BCUT2D eigenvalue weighted by Crippen LogP contribution is 2.20. The number of nitro benzene ring substituents is 1. The zero-order valence-corrected chi connectivity index (χ0v) is 10.1. The van der Waals surface area contributed by atoms with Gasteiger partial charge in [0.05, 0.1) is 4.92 Å². The molecule has 0 bridgehead atoms. The first kappa shape index (κ1) is 13.9. The molecule has 0 aliphatic rings. The largest absolute Gasteiger partial charge is 0.325 e. The van der Waals surface area contributed by atoms with Crippen LogP contribution in [0.5, 0.6) is 0 Å². The van der Waals surface area contributed by atoms with Crippen LogP contribution in [0.25, 0.3) is 0 Å². The summed E-state index contributed by atoms with van der Waals surface area (Å²) >= 11 is 0. The third-order valence-electron chi connectivity index (χ3n) is 2.45. The number of benzene rings is 1. The fraction of sp³-hybridized carbons (Fsp3) is 0.364. The number of nitro groups is 1. The minimum atomic E-state index is -0.975. The highest BCUT2D eigenvalue weighted by atomic mass is 19.1. The molecule has 1 aromatic carbocycles. The fourth-order valence-electron chi connectivity index (χ4n) is 1.45. The van der Waals surface area contributed by atoms with Crippen LogP contribution >= 0.6 is 0 Å². The van der Waals surface area contributed by atoms with Crippen molar-refractivity contribution in [2.45, 2.75) is 13.8 Å². The van der Waals surface area contributed by atoms with E-state index in [-0.39, 0.29) is 11.7 Å². The maximum Gasteiger partial charge on any atom is 0.321 e. The summed E-state index contributed by atoms with van der Waals surface area (Å²) in [6.07, 6.45) is 0. The minimum Gasteiger partial charge on any atom is -0.325 e. The van der Waals surface area contributed by atoms with E-state index < -0.39 is 16.4 Å². The van der Waals surface area contributed by atoms with Gasteiger partial charge in [-0.2, -0.15) is 4.39 Å². The second-order valence-corrected chi connectivity index (χ2v) is 3.53. The van der Waals surface area contributed by atoms with Gasteiger partial charge >= 0.3 is 11.7 Å². The second kappa shape index (κ2) is 5.95. The summed E-state index contributed by atoms with van der Waals surface area (Å²) in [4.78, 5) is 22.8. The number of nitrogens with one attached hydrogen (secondary N) is 1. The molecule has 1 rings (SSSR count). The van der Waals surface area contributed by atoms with Crippen molar-refractivity contribution in [3.63, 3.8) is 0 Å². The Kier molecular flexibility index (Phi) is 4.59. The van der Waals surface area contributed by atoms with E-state index in [2.05, 4.69) is 5.32 Å². The van der Waals surface area contributed by atoms with Crippen LogP contribution in [0.15, 0.2) is 18.2 Å². The standard InChI is InChI=1S/C11H14FN3O3/c1-3-14(4-2)11(16)13-8-5-6-10(15(17)18)9(12)7-8/h5-7H,3-4H2,1-2H3,(H,13,16). The second-order valence-electron chi connectivity index (χ2n) is 3.53. The molecule has 2 amide bonds. The number of rotatable bonds is 4. The zero-order valence-electron chi connectivity index (χ0n) is 10.1. The van der Waals surface area contributed by atoms with E-state index in [1.54, 1.807) is 0 Å². The molecule has 0 unspecified atom stereocenters. The molecule has 0 radical (unpaired) electrons. The molecular weight excluding hydrogens is 241 g/mol. The molecule has 0 spiro atoms. The lowest BCUT2D eigenvalue weighted by molar-refractivity contribution is -0.387. The maximum absolute atomic E-state index is 13.3. The summed E-state index contributed by atoms with van der Waals surface area (Å²) in [5.74, 6) is -0.975. The number of hydrogen-bond donors (Lipinski definition) is 1. The van der Waals surface area contributed by atoms with Crippen LogP contribution in [0.1, 0.15) is 13.8 Å². The number of urea groups is 1. The minimum absolute atomic E-state index is 0.190. The molecule has 0 saturated carbocycles. The van der Waals surface area contributed by atoms with Crippen LogP contribution in [0.3, 0.4) is 0 Å². The van der Waals surface area contributed by atoms with Crippen molar-refractivity contribution in [1.82, 2.24) is 4.90 Å². The molecule has 0 heterocycles. The first-order valence-electron chi connectivity index (χ1n) is 5.49. The molecule has 1 aromatic rings. The van der Waals surface area contributed by atoms with E-state index in [1.807, 2.05) is 13.8 Å². The lowest BCUT2D eigenvalue weighted by Crippen LogP contribution is -2.34. The van der Waals surface area contributed by atoms with Crippen molar-refractivity contribution < 1.29 is 14.1 Å². The lowest BCUT2D eigenvalue weighted by atomic mass is 10.2. The van der Waals surface area contributed by atoms with Gasteiger partial charge < -0.3 is 10.2 Å². The van der Waals surface area contributed by atoms with E-state index in [1.165, 1.54) is 11.0 Å². The van der Waals surface area contributed by atoms with E-state index in [9.17, 15) is 19.3 Å². The van der Waals surface area contributed by atoms with Gasteiger partial charge in [-0.05, 0) is 19.9 Å². The fourth-order valence-corrected chi connectivity index (χ4v) is 1.45. The van der Waals surface area contributed by atoms with Crippen molar-refractivity contribution in [3.05, 3.63) is 34.1 Å². The Balaban J connectivity index is 2.83. The Hall–Kier alpha value is -2.18. The van der Waals surface area contributed by atoms with Crippen LogP contribution in [0.2, 0.25) is 0 Å². The summed E-state index contributed by atoms with van der Waals surface area (Å²) in [7, 11) is 0. The number of carbonyl (C=O) groups excluding carboxylic acids is 1. The van der Waals surface area contributed by atoms with Crippen LogP contribution < -0.4 is 5.32 Å². The average Bonchev–Trinajstić information content (AvgIpc) is 2.30. The molecule has 7 heteroatoms. The third kappa shape index (κ3) is 3.16. The Morgan fingerprint density at radius 1 is 1.44 bits per heavy atom. The average molecular weight is 255 g/mol. The van der Waals surface area contributed by atoms with Gasteiger partial charge in [0.25, 0.3) is 0 Å². The SMILES string of the molecule is CCN(CC)C(=O)Nc1ccc([N+](=O)[O-])c(F)c1. The Labute approximate surface area is 104 Å². The van der Waals surface area contributed by atoms with Crippen molar-refractivity contribution in [3.8, 4) is 0 Å². The summed E-state index contributed by atoms with van der Waals surface area (Å²) in [6, 6.07) is 2.88. The van der Waals surface area contributed by atoms with Gasteiger partial charge in [-0.3, -0.25) is 10.1 Å². The summed E-state index contributed by atoms with van der Waals surface area (Å²) in [5.41, 5.74) is -0.425. The maximum atomic E-state index is 13.3. The quantitative estimate of drug-likeness (QED) is 0.663. The topological polar surface area (TPSA) is 75.5 Å². The molecular formula is C11H14FN3O3. The molecule has 0 aromatic heterocycles. The molecule has 0 fully saturated rings. The molecule has 0 atom stereocenters. The predicted octanol–water partition coefficient (Wildman–Crippen LogP) is 2.61. The summed E-state index contributed by atoms with van der Waals surface area (Å²) in [5, 5.41) is 12.9. The van der Waals surface area contributed by atoms with Gasteiger partial charge in [0, 0.05) is 30.9 Å². The third-order valence-corrected chi connectivity index (χ3v) is 2.45. The number of carbonyl (C=O) groups is 1. The normalized spacial score (nSPS) is 9.94. The van der Waals surface area contributed by atoms with Crippen LogP contribution in [0, 0.1) is 15.9 Å². The number of nitrogens with zero attached hydrogens (tertiary/aromatic N) is 2. The summed E-state index contributed by atoms with van der Waals surface area (Å²) in [6.45, 7) is 4.69. The highest BCUT2D eigenvalue weighted by Gasteiger charge is 2.15. The van der Waals surface area contributed by atoms with Gasteiger partial charge in [-0.25, -0.2) is 4.79 Å². The van der Waals surface area contributed by atoms with Gasteiger partial charge in [-0.15, -0.1) is 0 Å². The zero-order chi connectivity index (χ0) is 13.7. The molecule has 18 heavy (non-hydrogen) atoms. The monoisotopic (exact) mass is 255 g/mol. The number of amides is 2. The molecule has 0 aliphatic heterocycles. The van der Waals surface area contributed by atoms with Crippen LogP contribution in [0.4, 0.5) is 20.6 Å². The van der Waals surface area contributed by atoms with Crippen molar-refractivity contribution in [2.75, 3.05) is 18.4 Å². The van der Waals surface area contributed by atoms with Crippen molar-refractivity contribution in [1.29, 1.82) is 0 Å². The van der Waals surface area contributed by atoms with Gasteiger partial charge in [-0.1, -0.05) is 0 Å². The molecule has 0 saturated heterocycles. The summed E-state index contributed by atoms with van der Waals surface area (Å²) < 4.78 is 13.3. The first-order chi connectivity index (χ1) is 8.49. The smallest absolute Gasteiger partial charge is 0.321 e. The van der Waals surface area contributed by atoms with Crippen LogP contribution in [-0.2, 0) is 0 Å². The molecule has 6 nitrogen and oxygen atoms in total. The highest BCUT2D eigenvalue weighted by molar-refractivity contribution is 5.89. The van der Waals surface area contributed by atoms with Crippen molar-refractivity contribution >= 4 is 17.4 Å². The first-order valence-corrected chi connectivity index (χ1v) is 5.49. The lowest BCUT2D eigenvalue weighted by Gasteiger charge is -2.19. The molecule has 1 N–H and O–H groups in total. The van der Waals surface area contributed by atoms with E-state index >= 15 is 0 Å². The Morgan fingerprint density at radius 2 is 2.06 bits per heavy atom. The number of anilines is 1. The van der Waals surface area contributed by atoms with Gasteiger partial charge in [0.2, 0.25) is 5.82 Å². The van der Waals surface area contributed by atoms with Crippen LogP contribution in [-0.4, -0.2) is 28.9 Å². The number of hydrogen-bond acceptors (Lipinski definition) is 3. The number of halogens is 1. The van der Waals surface area contributed by atoms with Crippen molar-refractivity contribution in [2.24, 2.45) is 0 Å². The van der Waals surface area contributed by atoms with Gasteiger partial charge in [0.15, 0.2) is 0 Å². The Morgan fingerprint density at radius 3 is 2.50 bits per heavy atom. The van der Waals surface area contributed by atoms with Gasteiger partial charge in [0.1, 0.15) is 0 Å². The molecule has 0 aliphatic carbocycles. The molecule has 98 valence electrons.